The topological polar surface area (TPSA) is 79.3 Å². The first-order chi connectivity index (χ1) is 10.8. The maximum absolute atomic E-state index is 8.87. The van der Waals surface area contributed by atoms with Crippen molar-refractivity contribution in [2.75, 3.05) is 13.2 Å². The van der Waals surface area contributed by atoms with Crippen molar-refractivity contribution >= 4 is 22.6 Å². The second-order valence-corrected chi connectivity index (χ2v) is 5.51. The minimum Gasteiger partial charge on any atom is -0.476 e. The number of hydrogen-bond donors (Lipinski definition) is 3. The van der Waals surface area contributed by atoms with Crippen LogP contribution in [0.2, 0.25) is 0 Å². The Hall–Kier alpha value is -1.87. The monoisotopic (exact) mass is 412 g/mol. The van der Waals surface area contributed by atoms with Gasteiger partial charge in [-0.3, -0.25) is 15.7 Å². The van der Waals surface area contributed by atoms with Crippen LogP contribution in [0.25, 0.3) is 0 Å². The second-order valence-electron chi connectivity index (χ2n) is 4.41. The molecule has 2 heterocycles. The molecule has 0 radical (unpaired) electrons. The highest BCUT2D eigenvalue weighted by molar-refractivity contribution is 14.1. The highest BCUT2D eigenvalue weighted by atomic mass is 127. The number of aromatic nitrogens is 2. The van der Waals surface area contributed by atoms with Crippen LogP contribution in [0.4, 0.5) is 0 Å². The zero-order valence-corrected chi connectivity index (χ0v) is 14.0. The van der Waals surface area contributed by atoms with Gasteiger partial charge in [0.2, 0.25) is 5.88 Å². The molecular weight excluding hydrogens is 395 g/mol. The molecule has 0 aliphatic carbocycles. The molecule has 0 unspecified atom stereocenters. The molecule has 0 amide bonds. The Balaban J connectivity index is 1.79. The van der Waals surface area contributed by atoms with Gasteiger partial charge in [0, 0.05) is 43.3 Å². The molecule has 22 heavy (non-hydrogen) atoms. The van der Waals surface area contributed by atoms with E-state index in [0.29, 0.717) is 25.5 Å². The number of pyridine rings is 2. The Bertz CT molecular complexity index is 590. The van der Waals surface area contributed by atoms with Gasteiger partial charge in [0.15, 0.2) is 0 Å². The summed E-state index contributed by atoms with van der Waals surface area (Å²) in [6.07, 6.45) is 5.66. The molecule has 0 aliphatic rings. The first kappa shape index (κ1) is 16.5. The van der Waals surface area contributed by atoms with Crippen LogP contribution in [0.3, 0.4) is 0 Å². The van der Waals surface area contributed by atoms with E-state index >= 15 is 0 Å². The van der Waals surface area contributed by atoms with Crippen molar-refractivity contribution in [1.82, 2.24) is 20.8 Å². The van der Waals surface area contributed by atoms with Crippen molar-refractivity contribution in [2.45, 2.75) is 6.42 Å². The summed E-state index contributed by atoms with van der Waals surface area (Å²) >= 11 is 2.16. The molecule has 7 heteroatoms. The zero-order chi connectivity index (χ0) is 15.6. The van der Waals surface area contributed by atoms with E-state index in [0.717, 1.165) is 15.0 Å². The van der Waals surface area contributed by atoms with Gasteiger partial charge in [0.1, 0.15) is 10.3 Å². The maximum atomic E-state index is 8.87. The number of ether oxygens (including phenoxy) is 1. The fourth-order valence-corrected chi connectivity index (χ4v) is 2.09. The van der Waals surface area contributed by atoms with Gasteiger partial charge in [-0.25, -0.2) is 4.98 Å². The van der Waals surface area contributed by atoms with Gasteiger partial charge in [-0.15, -0.1) is 0 Å². The Morgan fingerprint density at radius 1 is 1.27 bits per heavy atom. The highest BCUT2D eigenvalue weighted by Crippen LogP contribution is 2.07. The van der Waals surface area contributed by atoms with Crippen LogP contribution in [0.1, 0.15) is 5.56 Å². The lowest BCUT2D eigenvalue weighted by atomic mass is 10.2. The molecule has 0 aliphatic heterocycles. The largest absolute Gasteiger partial charge is 0.476 e. The Morgan fingerprint density at radius 2 is 2.18 bits per heavy atom. The molecule has 0 spiro atoms. The SMILES string of the molecule is ON/C=C(\Cc1ccc(I)nc1)NCCOc1ccccn1. The van der Waals surface area contributed by atoms with E-state index in [1.165, 1.54) is 6.20 Å². The summed E-state index contributed by atoms with van der Waals surface area (Å²) in [4.78, 5) is 8.33. The average molecular weight is 412 g/mol. The number of nitrogens with zero attached hydrogens (tertiary/aromatic N) is 2. The Labute approximate surface area is 142 Å². The molecular formula is C15H17IN4O2. The van der Waals surface area contributed by atoms with Crippen molar-refractivity contribution in [1.29, 1.82) is 0 Å². The van der Waals surface area contributed by atoms with Crippen LogP contribution in [0, 0.1) is 3.70 Å². The van der Waals surface area contributed by atoms with Crippen LogP contribution >= 0.6 is 22.6 Å². The minimum atomic E-state index is 0.477. The van der Waals surface area contributed by atoms with Crippen LogP contribution in [-0.4, -0.2) is 28.3 Å². The van der Waals surface area contributed by atoms with Crippen molar-refractivity contribution < 1.29 is 9.94 Å². The number of rotatable bonds is 8. The predicted octanol–water partition coefficient (Wildman–Crippen LogP) is 2.11. The summed E-state index contributed by atoms with van der Waals surface area (Å²) in [5.74, 6) is 0.594. The van der Waals surface area contributed by atoms with Gasteiger partial charge in [-0.2, -0.15) is 0 Å². The van der Waals surface area contributed by atoms with Gasteiger partial charge in [-0.05, 0) is 40.3 Å². The smallest absolute Gasteiger partial charge is 0.213 e. The highest BCUT2D eigenvalue weighted by Gasteiger charge is 2.01. The summed E-state index contributed by atoms with van der Waals surface area (Å²) in [5, 5.41) is 12.1. The summed E-state index contributed by atoms with van der Waals surface area (Å²) in [6.45, 7) is 1.08. The van der Waals surface area contributed by atoms with E-state index < -0.39 is 0 Å². The van der Waals surface area contributed by atoms with Crippen molar-refractivity contribution in [2.24, 2.45) is 0 Å². The summed E-state index contributed by atoms with van der Waals surface area (Å²) in [7, 11) is 0. The lowest BCUT2D eigenvalue weighted by Crippen LogP contribution is -2.23. The third-order valence-electron chi connectivity index (χ3n) is 2.76. The molecule has 6 nitrogen and oxygen atoms in total. The summed E-state index contributed by atoms with van der Waals surface area (Å²) in [5.41, 5.74) is 3.96. The molecule has 3 N–H and O–H groups in total. The van der Waals surface area contributed by atoms with E-state index in [9.17, 15) is 0 Å². The van der Waals surface area contributed by atoms with Crippen LogP contribution in [-0.2, 0) is 6.42 Å². The van der Waals surface area contributed by atoms with Gasteiger partial charge < -0.3 is 10.1 Å². The van der Waals surface area contributed by atoms with Crippen molar-refractivity contribution in [3.05, 3.63) is 63.9 Å². The Morgan fingerprint density at radius 3 is 2.86 bits per heavy atom. The molecule has 0 atom stereocenters. The second kappa shape index (κ2) is 9.21. The standard InChI is InChI=1S/C15H17IN4O2/c16-14-5-4-12(10-19-14)9-13(11-20-21)17-7-8-22-15-3-1-2-6-18-15/h1-6,10-11,17,20-21H,7-9H2/b13-11+. The lowest BCUT2D eigenvalue weighted by molar-refractivity contribution is 0.212. The maximum Gasteiger partial charge on any atom is 0.213 e. The van der Waals surface area contributed by atoms with Crippen LogP contribution < -0.4 is 15.5 Å². The van der Waals surface area contributed by atoms with Gasteiger partial charge in [-0.1, -0.05) is 12.1 Å². The quantitative estimate of drug-likeness (QED) is 0.267. The van der Waals surface area contributed by atoms with Gasteiger partial charge in [0.25, 0.3) is 0 Å². The van der Waals surface area contributed by atoms with Crippen LogP contribution in [0.5, 0.6) is 5.88 Å². The third-order valence-corrected chi connectivity index (χ3v) is 3.40. The molecule has 2 aromatic heterocycles. The first-order valence-corrected chi connectivity index (χ1v) is 7.82. The number of halogens is 1. The van der Waals surface area contributed by atoms with E-state index in [1.807, 2.05) is 36.5 Å². The molecule has 0 fully saturated rings. The van der Waals surface area contributed by atoms with Crippen molar-refractivity contribution in [3.63, 3.8) is 0 Å². The first-order valence-electron chi connectivity index (χ1n) is 6.75. The van der Waals surface area contributed by atoms with E-state index in [4.69, 9.17) is 9.94 Å². The molecule has 0 bridgehead atoms. The van der Waals surface area contributed by atoms with E-state index in [-0.39, 0.29) is 0 Å². The number of allylic oxidation sites excluding steroid dienone is 1. The molecule has 0 saturated carbocycles. The van der Waals surface area contributed by atoms with E-state index in [1.54, 1.807) is 6.20 Å². The molecule has 2 rings (SSSR count). The zero-order valence-electron chi connectivity index (χ0n) is 11.9. The lowest BCUT2D eigenvalue weighted by Gasteiger charge is -2.11. The fraction of sp³-hybridized carbons (Fsp3) is 0.200. The van der Waals surface area contributed by atoms with Crippen LogP contribution in [0.15, 0.2) is 54.6 Å². The summed E-state index contributed by atoms with van der Waals surface area (Å²) < 4.78 is 6.45. The third kappa shape index (κ3) is 5.86. The molecule has 2 aromatic rings. The van der Waals surface area contributed by atoms with E-state index in [2.05, 4.69) is 43.4 Å². The summed E-state index contributed by atoms with van der Waals surface area (Å²) in [6, 6.07) is 9.48. The normalized spacial score (nSPS) is 11.1. The molecule has 0 aromatic carbocycles. The number of hydrogen-bond acceptors (Lipinski definition) is 6. The Kier molecular flexibility index (Phi) is 6.91. The van der Waals surface area contributed by atoms with Gasteiger partial charge in [0.05, 0.1) is 0 Å². The van der Waals surface area contributed by atoms with Gasteiger partial charge >= 0.3 is 0 Å². The minimum absolute atomic E-state index is 0.477. The predicted molar refractivity (Wildman–Crippen MR) is 91.4 cm³/mol. The fourth-order valence-electron chi connectivity index (χ4n) is 1.77. The number of nitrogens with one attached hydrogen (secondary N) is 2. The molecule has 116 valence electrons. The van der Waals surface area contributed by atoms with Crippen molar-refractivity contribution in [3.8, 4) is 5.88 Å². The number of hydroxylamine groups is 1. The average Bonchev–Trinajstić information content (AvgIpc) is 2.55. The molecule has 0 saturated heterocycles.